The van der Waals surface area contributed by atoms with Crippen LogP contribution in [0.15, 0.2) is 0 Å². The first-order chi connectivity index (χ1) is 25.9. The van der Waals surface area contributed by atoms with Gasteiger partial charge < -0.3 is 19.3 Å². The number of esters is 1. The Hall–Kier alpha value is -1.29. The first-order valence-electron chi connectivity index (χ1n) is 22.8. The number of aliphatic hydroxyl groups is 1. The number of nitrogens with zero attached hydrogens (tertiary/aromatic N) is 2. The van der Waals surface area contributed by atoms with Crippen LogP contribution in [0, 0.1) is 10.1 Å². The third-order valence-corrected chi connectivity index (χ3v) is 10.3. The molecule has 0 amide bonds. The lowest BCUT2D eigenvalue weighted by Crippen LogP contribution is -2.31. The number of aliphatic hydroxyl groups excluding tert-OH is 1. The molecule has 0 saturated heterocycles. The largest absolute Gasteiger partial charge is 0.457 e. The summed E-state index contributed by atoms with van der Waals surface area (Å²) >= 11 is 0. The summed E-state index contributed by atoms with van der Waals surface area (Å²) in [4.78, 5) is 25.7. The second-order valence-corrected chi connectivity index (χ2v) is 15.6. The van der Waals surface area contributed by atoms with E-state index in [0.29, 0.717) is 39.4 Å². The number of carbonyl (C=O) groups excluding carboxylic acids is 1. The van der Waals surface area contributed by atoms with Gasteiger partial charge >= 0.3 is 5.97 Å². The predicted octanol–water partition coefficient (Wildman–Crippen LogP) is 11.6. The van der Waals surface area contributed by atoms with E-state index < -0.39 is 0 Å². The maximum Gasteiger partial charge on any atom is 0.306 e. The highest BCUT2D eigenvalue weighted by Gasteiger charge is 2.16. The number of hydrogen-bond acceptors (Lipinski definition) is 8. The molecule has 9 nitrogen and oxygen atoms in total. The average molecular weight is 757 g/mol. The van der Waals surface area contributed by atoms with Gasteiger partial charge in [-0.25, -0.2) is 0 Å². The molecule has 0 radical (unpaired) electrons. The van der Waals surface area contributed by atoms with Gasteiger partial charge in [0.2, 0.25) is 6.54 Å². The molecular weight excluding hydrogens is 668 g/mol. The van der Waals surface area contributed by atoms with Gasteiger partial charge in [-0.2, -0.15) is 0 Å². The minimum absolute atomic E-state index is 0.00620. The molecule has 0 aromatic heterocycles. The van der Waals surface area contributed by atoms with Crippen LogP contribution in [0.25, 0.3) is 0 Å². The summed E-state index contributed by atoms with van der Waals surface area (Å²) in [6, 6.07) is 0. The SMILES string of the molecule is CCCCCCCCCCCC(O)CCCCCCCN(CCCCCCCC(=O)OC(COCCCCCC)COCCCCCC)CC[N+](=O)[O-]. The van der Waals surface area contributed by atoms with Crippen molar-refractivity contribution >= 4 is 5.97 Å². The van der Waals surface area contributed by atoms with E-state index in [4.69, 9.17) is 14.2 Å². The predicted molar refractivity (Wildman–Crippen MR) is 221 cm³/mol. The van der Waals surface area contributed by atoms with Crippen molar-refractivity contribution in [2.75, 3.05) is 52.6 Å². The number of hydrogen-bond donors (Lipinski definition) is 1. The van der Waals surface area contributed by atoms with Crippen molar-refractivity contribution in [3.8, 4) is 0 Å². The van der Waals surface area contributed by atoms with Crippen LogP contribution in [0.5, 0.6) is 0 Å². The van der Waals surface area contributed by atoms with E-state index in [1.54, 1.807) is 0 Å². The van der Waals surface area contributed by atoms with Crippen molar-refractivity contribution in [3.63, 3.8) is 0 Å². The Kier molecular flexibility index (Phi) is 40.8. The Labute approximate surface area is 327 Å². The van der Waals surface area contributed by atoms with E-state index in [1.807, 2.05) is 0 Å². The van der Waals surface area contributed by atoms with Crippen molar-refractivity contribution in [3.05, 3.63) is 10.1 Å². The van der Waals surface area contributed by atoms with Crippen molar-refractivity contribution in [1.82, 2.24) is 4.90 Å². The van der Waals surface area contributed by atoms with Gasteiger partial charge in [0.25, 0.3) is 0 Å². The summed E-state index contributed by atoms with van der Waals surface area (Å²) < 4.78 is 17.4. The molecule has 316 valence electrons. The molecule has 1 N–H and O–H groups in total. The Bertz CT molecular complexity index is 756. The summed E-state index contributed by atoms with van der Waals surface area (Å²) in [6.45, 7) is 11.1. The molecule has 0 aromatic rings. The highest BCUT2D eigenvalue weighted by atomic mass is 16.6. The zero-order chi connectivity index (χ0) is 38.9. The zero-order valence-electron chi connectivity index (χ0n) is 35.3. The second-order valence-electron chi connectivity index (χ2n) is 15.6. The van der Waals surface area contributed by atoms with Gasteiger partial charge in [-0.3, -0.25) is 19.8 Å². The Balaban J connectivity index is 4.09. The van der Waals surface area contributed by atoms with E-state index in [2.05, 4.69) is 25.7 Å². The third-order valence-electron chi connectivity index (χ3n) is 10.3. The molecule has 0 aliphatic carbocycles. The minimum Gasteiger partial charge on any atom is -0.457 e. The number of rotatable bonds is 44. The smallest absolute Gasteiger partial charge is 0.306 e. The lowest BCUT2D eigenvalue weighted by molar-refractivity contribution is -0.480. The van der Waals surface area contributed by atoms with Crippen molar-refractivity contribution in [2.45, 2.75) is 226 Å². The summed E-state index contributed by atoms with van der Waals surface area (Å²) in [5.74, 6) is -0.171. The first-order valence-corrected chi connectivity index (χ1v) is 22.8. The molecule has 0 aliphatic heterocycles. The van der Waals surface area contributed by atoms with Crippen LogP contribution < -0.4 is 0 Å². The summed E-state index contributed by atoms with van der Waals surface area (Å²) in [6.07, 6.45) is 33.4. The second kappa shape index (κ2) is 41.9. The van der Waals surface area contributed by atoms with Crippen molar-refractivity contribution in [2.24, 2.45) is 0 Å². The maximum absolute atomic E-state index is 12.6. The van der Waals surface area contributed by atoms with Crippen LogP contribution in [0.2, 0.25) is 0 Å². The fraction of sp³-hybridized carbons (Fsp3) is 0.977. The molecule has 0 aromatic carbocycles. The maximum atomic E-state index is 12.6. The molecule has 1 atom stereocenters. The van der Waals surface area contributed by atoms with Crippen LogP contribution in [0.4, 0.5) is 0 Å². The molecule has 0 heterocycles. The van der Waals surface area contributed by atoms with Gasteiger partial charge in [0.05, 0.1) is 25.9 Å². The normalized spacial score (nSPS) is 12.3. The zero-order valence-corrected chi connectivity index (χ0v) is 35.3. The highest BCUT2D eigenvalue weighted by Crippen LogP contribution is 2.15. The first kappa shape index (κ1) is 51.7. The van der Waals surface area contributed by atoms with Crippen LogP contribution >= 0.6 is 0 Å². The van der Waals surface area contributed by atoms with Gasteiger partial charge in [0.1, 0.15) is 6.10 Å². The molecular formula is C44H88N2O7. The van der Waals surface area contributed by atoms with Crippen molar-refractivity contribution < 1.29 is 29.0 Å². The standard InChI is InChI=1S/C44H88N2O7/c1-4-7-10-13-14-15-16-19-24-31-42(47)32-25-20-17-22-27-34-45(36-37-46(49)50)35-28-23-18-21-26-33-44(48)53-43(40-51-38-29-11-8-5-2)41-52-39-30-12-9-6-3/h42-43,47H,4-41H2,1-3H3. The lowest BCUT2D eigenvalue weighted by Gasteiger charge is -2.20. The summed E-state index contributed by atoms with van der Waals surface area (Å²) in [5, 5.41) is 21.4. The summed E-state index contributed by atoms with van der Waals surface area (Å²) in [7, 11) is 0. The van der Waals surface area contributed by atoms with Crippen LogP contribution in [0.1, 0.15) is 213 Å². The topological polar surface area (TPSA) is 111 Å². The van der Waals surface area contributed by atoms with E-state index in [0.717, 1.165) is 109 Å². The third kappa shape index (κ3) is 40.2. The van der Waals surface area contributed by atoms with E-state index in [1.165, 1.54) is 89.9 Å². The molecule has 0 spiro atoms. The van der Waals surface area contributed by atoms with Crippen LogP contribution in [-0.2, 0) is 19.0 Å². The monoisotopic (exact) mass is 757 g/mol. The van der Waals surface area contributed by atoms with E-state index in [9.17, 15) is 20.0 Å². The van der Waals surface area contributed by atoms with E-state index in [-0.39, 0.29) is 29.6 Å². The number of ether oxygens (including phenoxy) is 3. The van der Waals surface area contributed by atoms with Crippen LogP contribution in [-0.4, -0.2) is 85.7 Å². The average Bonchev–Trinajstić information content (AvgIpc) is 3.14. The summed E-state index contributed by atoms with van der Waals surface area (Å²) in [5.41, 5.74) is 0. The molecule has 0 fully saturated rings. The molecule has 0 bridgehead atoms. The Morgan fingerprint density at radius 2 is 0.962 bits per heavy atom. The van der Waals surface area contributed by atoms with Gasteiger partial charge in [-0.1, -0.05) is 162 Å². The Morgan fingerprint density at radius 1 is 0.566 bits per heavy atom. The number of carbonyl (C=O) groups is 1. The lowest BCUT2D eigenvalue weighted by atomic mass is 10.0. The number of nitro groups is 1. The molecule has 0 rings (SSSR count). The van der Waals surface area contributed by atoms with Gasteiger partial charge in [-0.05, 0) is 58.0 Å². The van der Waals surface area contributed by atoms with Gasteiger partial charge in [-0.15, -0.1) is 0 Å². The highest BCUT2D eigenvalue weighted by molar-refractivity contribution is 5.69. The molecule has 0 saturated carbocycles. The molecule has 0 aliphatic rings. The fourth-order valence-electron chi connectivity index (χ4n) is 6.83. The number of unbranched alkanes of at least 4 members (excludes halogenated alkanes) is 22. The van der Waals surface area contributed by atoms with Gasteiger partial charge in [0.15, 0.2) is 0 Å². The van der Waals surface area contributed by atoms with Crippen molar-refractivity contribution in [1.29, 1.82) is 0 Å². The quantitative estimate of drug-likeness (QED) is 0.0283. The minimum atomic E-state index is -0.350. The molecule has 9 heteroatoms. The fourth-order valence-corrected chi connectivity index (χ4v) is 6.83. The van der Waals surface area contributed by atoms with Crippen LogP contribution in [0.3, 0.4) is 0 Å². The molecule has 1 unspecified atom stereocenters. The van der Waals surface area contributed by atoms with Gasteiger partial charge in [0, 0.05) is 24.6 Å². The van der Waals surface area contributed by atoms with E-state index >= 15 is 0 Å². The Morgan fingerprint density at radius 3 is 1.42 bits per heavy atom. The molecule has 53 heavy (non-hydrogen) atoms.